The summed E-state index contributed by atoms with van der Waals surface area (Å²) in [6.45, 7) is 0.457. The number of carbonyl (C=O) groups excluding carboxylic acids is 1. The van der Waals surface area contributed by atoms with Crippen LogP contribution in [0.3, 0.4) is 0 Å². The van der Waals surface area contributed by atoms with Crippen LogP contribution < -0.4 is 5.32 Å². The Morgan fingerprint density at radius 3 is 2.25 bits per heavy atom. The molecule has 6 heteroatoms. The molecule has 1 aromatic heterocycles. The van der Waals surface area contributed by atoms with E-state index in [-0.39, 0.29) is 11.5 Å². The number of aromatic nitrogens is 3. The zero-order valence-corrected chi connectivity index (χ0v) is 14.9. The van der Waals surface area contributed by atoms with Crippen LogP contribution in [0.4, 0.5) is 10.3 Å². The van der Waals surface area contributed by atoms with Crippen LogP contribution in [0.25, 0.3) is 11.4 Å². The molecule has 28 heavy (non-hydrogen) atoms. The second-order valence-corrected chi connectivity index (χ2v) is 6.16. The molecule has 0 aliphatic rings. The monoisotopic (exact) mass is 372 g/mol. The lowest BCUT2D eigenvalue weighted by molar-refractivity contribution is 0.0943. The first kappa shape index (κ1) is 17.6. The molecule has 0 saturated heterocycles. The second-order valence-electron chi connectivity index (χ2n) is 6.16. The molecule has 1 N–H and O–H groups in total. The van der Waals surface area contributed by atoms with Gasteiger partial charge in [-0.1, -0.05) is 72.8 Å². The van der Waals surface area contributed by atoms with E-state index in [9.17, 15) is 9.18 Å². The van der Waals surface area contributed by atoms with Gasteiger partial charge in [0, 0.05) is 12.1 Å². The Labute approximate surface area is 161 Å². The fourth-order valence-electron chi connectivity index (χ4n) is 2.80. The summed E-state index contributed by atoms with van der Waals surface area (Å²) in [7, 11) is 0. The van der Waals surface area contributed by atoms with Gasteiger partial charge in [-0.25, -0.2) is 4.39 Å². The minimum Gasteiger partial charge on any atom is -0.350 e. The number of anilines is 1. The standard InChI is InChI=1S/C22H17FN4O/c23-19-14-8-7-13-18(19)21(28)27-22(24-15-16-9-3-1-4-10-16)25-20(26-27)17-11-5-2-6-12-17/h1-14H,15H2,(H,24,25,26). The van der Waals surface area contributed by atoms with Gasteiger partial charge in [-0.05, 0) is 17.7 Å². The fraction of sp³-hybridized carbons (Fsp3) is 0.0455. The highest BCUT2D eigenvalue weighted by Crippen LogP contribution is 2.20. The van der Waals surface area contributed by atoms with Crippen LogP contribution in [0.15, 0.2) is 84.9 Å². The molecule has 0 atom stereocenters. The minimum atomic E-state index is -0.599. The van der Waals surface area contributed by atoms with E-state index >= 15 is 0 Å². The van der Waals surface area contributed by atoms with Gasteiger partial charge in [0.05, 0.1) is 5.56 Å². The van der Waals surface area contributed by atoms with Crippen LogP contribution in [0, 0.1) is 5.82 Å². The number of nitrogens with one attached hydrogen (secondary N) is 1. The Balaban J connectivity index is 1.71. The number of halogens is 1. The molecule has 3 aromatic carbocycles. The van der Waals surface area contributed by atoms with Crippen molar-refractivity contribution in [1.82, 2.24) is 14.8 Å². The number of benzene rings is 3. The molecule has 0 amide bonds. The van der Waals surface area contributed by atoms with Crippen molar-refractivity contribution in [2.45, 2.75) is 6.54 Å². The van der Waals surface area contributed by atoms with Gasteiger partial charge >= 0.3 is 0 Å². The lowest BCUT2D eigenvalue weighted by Crippen LogP contribution is -2.18. The molecule has 4 rings (SSSR count). The van der Waals surface area contributed by atoms with E-state index in [1.165, 1.54) is 18.2 Å². The van der Waals surface area contributed by atoms with Crippen molar-refractivity contribution < 1.29 is 9.18 Å². The third-order valence-electron chi connectivity index (χ3n) is 4.23. The maximum absolute atomic E-state index is 14.1. The summed E-state index contributed by atoms with van der Waals surface area (Å²) < 4.78 is 15.2. The zero-order valence-electron chi connectivity index (χ0n) is 14.9. The van der Waals surface area contributed by atoms with Crippen molar-refractivity contribution in [1.29, 1.82) is 0 Å². The number of hydrogen-bond acceptors (Lipinski definition) is 4. The third-order valence-corrected chi connectivity index (χ3v) is 4.23. The van der Waals surface area contributed by atoms with E-state index in [1.807, 2.05) is 60.7 Å². The van der Waals surface area contributed by atoms with Crippen molar-refractivity contribution in [3.8, 4) is 11.4 Å². The van der Waals surface area contributed by atoms with Crippen LogP contribution in [0.1, 0.15) is 15.9 Å². The molecule has 1 heterocycles. The van der Waals surface area contributed by atoms with Crippen LogP contribution >= 0.6 is 0 Å². The lowest BCUT2D eigenvalue weighted by atomic mass is 10.2. The molecule has 0 fully saturated rings. The summed E-state index contributed by atoms with van der Waals surface area (Å²) in [5, 5.41) is 7.47. The van der Waals surface area contributed by atoms with Crippen LogP contribution in [-0.2, 0) is 6.54 Å². The largest absolute Gasteiger partial charge is 0.350 e. The quantitative estimate of drug-likeness (QED) is 0.565. The average Bonchev–Trinajstić information content (AvgIpc) is 3.18. The highest BCUT2D eigenvalue weighted by atomic mass is 19.1. The lowest BCUT2D eigenvalue weighted by Gasteiger charge is -2.07. The Morgan fingerprint density at radius 1 is 0.893 bits per heavy atom. The summed E-state index contributed by atoms with van der Waals surface area (Å²) in [5.74, 6) is -0.529. The SMILES string of the molecule is O=C(c1ccccc1F)n1nc(-c2ccccc2)nc1NCc1ccccc1. The van der Waals surface area contributed by atoms with Gasteiger partial charge < -0.3 is 5.32 Å². The predicted molar refractivity (Wildman–Crippen MR) is 105 cm³/mol. The molecule has 4 aromatic rings. The summed E-state index contributed by atoms with van der Waals surface area (Å²) in [5.41, 5.74) is 1.73. The zero-order chi connectivity index (χ0) is 19.3. The van der Waals surface area contributed by atoms with E-state index in [0.29, 0.717) is 12.4 Å². The van der Waals surface area contributed by atoms with Gasteiger partial charge in [-0.2, -0.15) is 9.67 Å². The van der Waals surface area contributed by atoms with Crippen molar-refractivity contribution in [3.05, 3.63) is 102 Å². The van der Waals surface area contributed by atoms with Gasteiger partial charge in [0.2, 0.25) is 5.95 Å². The molecular weight excluding hydrogens is 355 g/mol. The molecule has 0 saturated carbocycles. The number of rotatable bonds is 5. The Hall–Kier alpha value is -3.80. The molecular formula is C22H17FN4O. The molecule has 0 radical (unpaired) electrons. The van der Waals surface area contributed by atoms with E-state index in [4.69, 9.17) is 0 Å². The van der Waals surface area contributed by atoms with E-state index in [2.05, 4.69) is 15.4 Å². The Kier molecular flexibility index (Phi) is 4.93. The van der Waals surface area contributed by atoms with Gasteiger partial charge in [0.25, 0.3) is 5.91 Å². The summed E-state index contributed by atoms with van der Waals surface area (Å²) in [4.78, 5) is 17.4. The molecule has 0 bridgehead atoms. The van der Waals surface area contributed by atoms with Crippen LogP contribution in [-0.4, -0.2) is 20.7 Å². The van der Waals surface area contributed by atoms with Crippen molar-refractivity contribution in [3.63, 3.8) is 0 Å². The summed E-state index contributed by atoms with van der Waals surface area (Å²) >= 11 is 0. The van der Waals surface area contributed by atoms with Crippen molar-refractivity contribution in [2.75, 3.05) is 5.32 Å². The Bertz CT molecular complexity index is 1090. The van der Waals surface area contributed by atoms with Gasteiger partial charge in [0.1, 0.15) is 5.82 Å². The highest BCUT2D eigenvalue weighted by molar-refractivity contribution is 5.97. The van der Waals surface area contributed by atoms with Crippen LogP contribution in [0.2, 0.25) is 0 Å². The molecule has 0 aliphatic heterocycles. The first-order valence-electron chi connectivity index (χ1n) is 8.82. The van der Waals surface area contributed by atoms with E-state index in [1.54, 1.807) is 6.07 Å². The molecule has 0 aliphatic carbocycles. The molecule has 5 nitrogen and oxygen atoms in total. The normalized spacial score (nSPS) is 10.6. The first-order chi connectivity index (χ1) is 13.7. The smallest absolute Gasteiger partial charge is 0.284 e. The third kappa shape index (κ3) is 3.66. The van der Waals surface area contributed by atoms with Gasteiger partial charge in [0.15, 0.2) is 5.82 Å². The Morgan fingerprint density at radius 2 is 1.54 bits per heavy atom. The highest BCUT2D eigenvalue weighted by Gasteiger charge is 2.21. The van der Waals surface area contributed by atoms with E-state index < -0.39 is 11.7 Å². The first-order valence-corrected chi connectivity index (χ1v) is 8.82. The molecule has 0 unspecified atom stereocenters. The van der Waals surface area contributed by atoms with Crippen LogP contribution in [0.5, 0.6) is 0 Å². The second kappa shape index (κ2) is 7.84. The van der Waals surface area contributed by atoms with Gasteiger partial charge in [-0.15, -0.1) is 5.10 Å². The van der Waals surface area contributed by atoms with Crippen molar-refractivity contribution >= 4 is 11.9 Å². The maximum atomic E-state index is 14.1. The number of hydrogen-bond donors (Lipinski definition) is 1. The number of carbonyl (C=O) groups is 1. The average molecular weight is 372 g/mol. The maximum Gasteiger partial charge on any atom is 0.284 e. The topological polar surface area (TPSA) is 59.8 Å². The van der Waals surface area contributed by atoms with E-state index in [0.717, 1.165) is 15.8 Å². The molecule has 0 spiro atoms. The minimum absolute atomic E-state index is 0.0604. The molecule has 138 valence electrons. The fourth-order valence-corrected chi connectivity index (χ4v) is 2.80. The van der Waals surface area contributed by atoms with Crippen molar-refractivity contribution in [2.24, 2.45) is 0 Å². The predicted octanol–water partition coefficient (Wildman–Crippen LogP) is 4.38. The number of nitrogens with zero attached hydrogens (tertiary/aromatic N) is 3. The van der Waals surface area contributed by atoms with Gasteiger partial charge in [-0.3, -0.25) is 4.79 Å². The summed E-state index contributed by atoms with van der Waals surface area (Å²) in [6, 6.07) is 24.9. The summed E-state index contributed by atoms with van der Waals surface area (Å²) in [6.07, 6.45) is 0.